The van der Waals surface area contributed by atoms with Crippen LogP contribution in [0.2, 0.25) is 0 Å². The maximum Gasteiger partial charge on any atom is 0.109 e. The summed E-state index contributed by atoms with van der Waals surface area (Å²) >= 11 is 0. The fourth-order valence-electron chi connectivity index (χ4n) is 2.27. The van der Waals surface area contributed by atoms with Crippen LogP contribution >= 0.6 is 0 Å². The van der Waals surface area contributed by atoms with E-state index >= 15 is 0 Å². The summed E-state index contributed by atoms with van der Waals surface area (Å²) in [5.41, 5.74) is 11.3. The third-order valence-corrected chi connectivity index (χ3v) is 3.49. The second-order valence-electron chi connectivity index (χ2n) is 5.00. The Hall–Kier alpha value is -2.07. The third-order valence-electron chi connectivity index (χ3n) is 3.49. The molecule has 0 fully saturated rings. The molecule has 1 unspecified atom stereocenters. The predicted molar refractivity (Wildman–Crippen MR) is 77.8 cm³/mol. The molecule has 2 heterocycles. The minimum atomic E-state index is 0.0212. The lowest BCUT2D eigenvalue weighted by atomic mass is 10.1. The highest BCUT2D eigenvalue weighted by molar-refractivity contribution is 5.85. The summed E-state index contributed by atoms with van der Waals surface area (Å²) in [7, 11) is 0. The van der Waals surface area contributed by atoms with Gasteiger partial charge in [0.15, 0.2) is 0 Å². The second-order valence-corrected chi connectivity index (χ2v) is 5.00. The smallest absolute Gasteiger partial charge is 0.109 e. The number of aromatic amines is 2. The summed E-state index contributed by atoms with van der Waals surface area (Å²) in [6.45, 7) is 4.16. The van der Waals surface area contributed by atoms with Crippen molar-refractivity contribution in [3.05, 3.63) is 41.6 Å². The highest BCUT2D eigenvalue weighted by atomic mass is 15.1. The maximum atomic E-state index is 6.00. The molecular weight excluding hydrogens is 236 g/mol. The molecule has 19 heavy (non-hydrogen) atoms. The van der Waals surface area contributed by atoms with E-state index in [1.807, 2.05) is 6.07 Å². The normalized spacial score (nSPS) is 13.0. The summed E-state index contributed by atoms with van der Waals surface area (Å²) in [4.78, 5) is 3.39. The number of nitrogens with zero attached hydrogens (tertiary/aromatic N) is 1. The fourth-order valence-corrected chi connectivity index (χ4v) is 2.27. The summed E-state index contributed by atoms with van der Waals surface area (Å²) in [6.07, 6.45) is 0.896. The molecule has 3 aromatic rings. The lowest BCUT2D eigenvalue weighted by molar-refractivity contribution is 0.672. The Morgan fingerprint density at radius 3 is 2.89 bits per heavy atom. The van der Waals surface area contributed by atoms with Gasteiger partial charge >= 0.3 is 0 Å². The lowest BCUT2D eigenvalue weighted by Crippen LogP contribution is -2.08. The van der Waals surface area contributed by atoms with Gasteiger partial charge in [-0.3, -0.25) is 5.10 Å². The second kappa shape index (κ2) is 4.55. The summed E-state index contributed by atoms with van der Waals surface area (Å²) < 4.78 is 0. The van der Waals surface area contributed by atoms with Crippen LogP contribution in [-0.2, 0) is 0 Å². The monoisotopic (exact) mass is 254 g/mol. The number of rotatable bonds is 3. The van der Waals surface area contributed by atoms with Crippen molar-refractivity contribution in [2.75, 3.05) is 0 Å². The zero-order valence-corrected chi connectivity index (χ0v) is 11.2. The van der Waals surface area contributed by atoms with Crippen LogP contribution in [0.4, 0.5) is 0 Å². The van der Waals surface area contributed by atoms with Gasteiger partial charge < -0.3 is 10.7 Å². The van der Waals surface area contributed by atoms with Gasteiger partial charge in [-0.15, -0.1) is 0 Å². The highest BCUT2D eigenvalue weighted by Gasteiger charge is 2.11. The van der Waals surface area contributed by atoms with Crippen molar-refractivity contribution < 1.29 is 0 Å². The van der Waals surface area contributed by atoms with Crippen LogP contribution in [0, 0.1) is 6.92 Å². The van der Waals surface area contributed by atoms with Gasteiger partial charge in [0.05, 0.1) is 11.4 Å². The van der Waals surface area contributed by atoms with Gasteiger partial charge in [0, 0.05) is 16.9 Å². The van der Waals surface area contributed by atoms with Gasteiger partial charge in [-0.25, -0.2) is 0 Å². The van der Waals surface area contributed by atoms with Crippen LogP contribution in [0.3, 0.4) is 0 Å². The van der Waals surface area contributed by atoms with E-state index in [1.165, 1.54) is 10.9 Å². The first-order chi connectivity index (χ1) is 9.17. The van der Waals surface area contributed by atoms with E-state index in [0.29, 0.717) is 0 Å². The molecular formula is C15H18N4. The molecule has 2 aromatic heterocycles. The van der Waals surface area contributed by atoms with Crippen molar-refractivity contribution in [3.8, 4) is 11.4 Å². The number of fused-ring (bicyclic) bond motifs is 1. The molecule has 0 radical (unpaired) electrons. The number of aromatic nitrogens is 3. The first-order valence-corrected chi connectivity index (χ1v) is 6.58. The molecule has 1 aromatic carbocycles. The molecule has 0 spiro atoms. The van der Waals surface area contributed by atoms with Crippen LogP contribution in [-0.4, -0.2) is 15.2 Å². The zero-order chi connectivity index (χ0) is 13.4. The molecule has 4 nitrogen and oxygen atoms in total. The molecule has 0 bridgehead atoms. The van der Waals surface area contributed by atoms with Crippen molar-refractivity contribution in [2.24, 2.45) is 5.73 Å². The average Bonchev–Trinajstić information content (AvgIpc) is 3.03. The van der Waals surface area contributed by atoms with Crippen LogP contribution < -0.4 is 5.73 Å². The SMILES string of the molecule is CCC(N)c1cc(-c2cc3cc(C)ccc3[nH]2)n[nH]1. The molecule has 3 rings (SSSR count). The van der Waals surface area contributed by atoms with Crippen LogP contribution in [0.5, 0.6) is 0 Å². The Kier molecular flexibility index (Phi) is 2.87. The highest BCUT2D eigenvalue weighted by Crippen LogP contribution is 2.25. The Morgan fingerprint density at radius 2 is 2.11 bits per heavy atom. The van der Waals surface area contributed by atoms with Crippen LogP contribution in [0.1, 0.15) is 30.6 Å². The number of hydrogen-bond acceptors (Lipinski definition) is 2. The third kappa shape index (κ3) is 2.15. The Morgan fingerprint density at radius 1 is 1.26 bits per heavy atom. The summed E-state index contributed by atoms with van der Waals surface area (Å²) in [6, 6.07) is 10.5. The van der Waals surface area contributed by atoms with E-state index in [-0.39, 0.29) is 6.04 Å². The average molecular weight is 254 g/mol. The largest absolute Gasteiger partial charge is 0.353 e. The molecule has 98 valence electrons. The van der Waals surface area contributed by atoms with Gasteiger partial charge in [0.25, 0.3) is 0 Å². The molecule has 0 saturated carbocycles. The van der Waals surface area contributed by atoms with Crippen molar-refractivity contribution in [1.82, 2.24) is 15.2 Å². The quantitative estimate of drug-likeness (QED) is 0.671. The van der Waals surface area contributed by atoms with E-state index in [4.69, 9.17) is 5.73 Å². The topological polar surface area (TPSA) is 70.5 Å². The number of benzene rings is 1. The zero-order valence-electron chi connectivity index (χ0n) is 11.2. The number of H-pyrrole nitrogens is 2. The minimum absolute atomic E-state index is 0.0212. The van der Waals surface area contributed by atoms with Gasteiger partial charge in [-0.05, 0) is 37.6 Å². The molecule has 1 atom stereocenters. The Labute approximate surface area is 112 Å². The van der Waals surface area contributed by atoms with E-state index in [1.54, 1.807) is 0 Å². The summed E-state index contributed by atoms with van der Waals surface area (Å²) in [5.74, 6) is 0. The summed E-state index contributed by atoms with van der Waals surface area (Å²) in [5, 5.41) is 8.56. The van der Waals surface area contributed by atoms with E-state index < -0.39 is 0 Å². The maximum absolute atomic E-state index is 6.00. The minimum Gasteiger partial charge on any atom is -0.353 e. The molecule has 0 aliphatic carbocycles. The van der Waals surface area contributed by atoms with Crippen molar-refractivity contribution >= 4 is 10.9 Å². The number of nitrogens with one attached hydrogen (secondary N) is 2. The van der Waals surface area contributed by atoms with Gasteiger partial charge in [0.1, 0.15) is 5.69 Å². The van der Waals surface area contributed by atoms with Gasteiger partial charge in [-0.1, -0.05) is 18.6 Å². The fraction of sp³-hybridized carbons (Fsp3) is 0.267. The Bertz CT molecular complexity index is 708. The number of nitrogens with two attached hydrogens (primary N) is 1. The predicted octanol–water partition coefficient (Wildman–Crippen LogP) is 3.28. The van der Waals surface area contributed by atoms with Crippen LogP contribution in [0.25, 0.3) is 22.3 Å². The molecule has 4 heteroatoms. The first kappa shape index (κ1) is 12.0. The Balaban J connectivity index is 2.01. The lowest BCUT2D eigenvalue weighted by Gasteiger charge is -2.02. The van der Waals surface area contributed by atoms with Crippen LogP contribution in [0.15, 0.2) is 30.3 Å². The molecule has 0 saturated heterocycles. The van der Waals surface area contributed by atoms with E-state index in [0.717, 1.165) is 29.0 Å². The van der Waals surface area contributed by atoms with Crippen molar-refractivity contribution in [3.63, 3.8) is 0 Å². The molecule has 0 amide bonds. The van der Waals surface area contributed by atoms with E-state index in [9.17, 15) is 0 Å². The standard InChI is InChI=1S/C15H18N4/c1-3-11(16)13-8-15(19-18-13)14-7-10-6-9(2)4-5-12(10)17-14/h4-8,11,17H,3,16H2,1-2H3,(H,18,19). The van der Waals surface area contributed by atoms with Gasteiger partial charge in [0.2, 0.25) is 0 Å². The molecule has 0 aliphatic rings. The molecule has 0 aliphatic heterocycles. The number of aryl methyl sites for hydroxylation is 1. The van der Waals surface area contributed by atoms with Crippen molar-refractivity contribution in [1.29, 1.82) is 0 Å². The van der Waals surface area contributed by atoms with Gasteiger partial charge in [-0.2, -0.15) is 5.10 Å². The number of hydrogen-bond donors (Lipinski definition) is 3. The molecule has 4 N–H and O–H groups in total. The van der Waals surface area contributed by atoms with E-state index in [2.05, 4.69) is 53.3 Å². The van der Waals surface area contributed by atoms with Crippen molar-refractivity contribution in [2.45, 2.75) is 26.3 Å². The first-order valence-electron chi connectivity index (χ1n) is 6.58.